The highest BCUT2D eigenvalue weighted by molar-refractivity contribution is 7.99. The van der Waals surface area contributed by atoms with Gasteiger partial charge in [0.05, 0.1) is 12.3 Å². The van der Waals surface area contributed by atoms with Crippen LogP contribution in [0.5, 0.6) is 0 Å². The van der Waals surface area contributed by atoms with Crippen molar-refractivity contribution >= 4 is 39.8 Å². The number of benzene rings is 2. The number of thioether (sulfide) groups is 1. The predicted molar refractivity (Wildman–Crippen MR) is 121 cm³/mol. The molecule has 1 amide bonds. The van der Waals surface area contributed by atoms with Crippen LogP contribution in [0.25, 0.3) is 5.69 Å². The summed E-state index contributed by atoms with van der Waals surface area (Å²) in [5.41, 5.74) is 2.81. The third kappa shape index (κ3) is 5.47. The average molecular weight is 455 g/mol. The minimum absolute atomic E-state index is 0.163. The summed E-state index contributed by atoms with van der Waals surface area (Å²) in [6, 6.07) is 14.1. The number of nitrogens with zero attached hydrogens (tertiary/aromatic N) is 4. The minimum Gasteiger partial charge on any atom is -0.378 e. The third-order valence-corrected chi connectivity index (χ3v) is 5.92. The van der Waals surface area contributed by atoms with Gasteiger partial charge in [-0.15, -0.1) is 21.5 Å². The van der Waals surface area contributed by atoms with Crippen LogP contribution in [0.2, 0.25) is 0 Å². The van der Waals surface area contributed by atoms with Crippen LogP contribution < -0.4 is 10.6 Å². The number of carbonyl (C=O) groups excluding carboxylic acids is 1. The second-order valence-electron chi connectivity index (χ2n) is 6.60. The van der Waals surface area contributed by atoms with Gasteiger partial charge in [0.2, 0.25) is 5.91 Å². The monoisotopic (exact) mass is 454 g/mol. The molecule has 0 bridgehead atoms. The Morgan fingerprint density at radius 1 is 1.13 bits per heavy atom. The molecule has 0 spiro atoms. The number of amides is 1. The van der Waals surface area contributed by atoms with Crippen LogP contribution in [0.4, 0.5) is 15.2 Å². The molecule has 0 unspecified atom stereocenters. The number of anilines is 2. The van der Waals surface area contributed by atoms with E-state index in [-0.39, 0.29) is 17.5 Å². The van der Waals surface area contributed by atoms with E-state index in [0.29, 0.717) is 22.7 Å². The summed E-state index contributed by atoms with van der Waals surface area (Å²) in [6.07, 6.45) is 1.64. The first-order chi connectivity index (χ1) is 15.1. The topological polar surface area (TPSA) is 84.7 Å². The van der Waals surface area contributed by atoms with E-state index in [1.165, 1.54) is 35.2 Å². The van der Waals surface area contributed by atoms with Crippen molar-refractivity contribution in [1.82, 2.24) is 19.7 Å². The second-order valence-corrected chi connectivity index (χ2v) is 8.44. The maximum Gasteiger partial charge on any atom is 0.236 e. The summed E-state index contributed by atoms with van der Waals surface area (Å²) in [7, 11) is 0. The lowest BCUT2D eigenvalue weighted by Gasteiger charge is -2.12. The molecule has 0 aliphatic carbocycles. The van der Waals surface area contributed by atoms with E-state index < -0.39 is 0 Å². The fraction of sp³-hybridized carbons (Fsp3) is 0.143. The Balaban J connectivity index is 1.52. The molecule has 2 heterocycles. The molecule has 4 aromatic rings. The fourth-order valence-corrected chi connectivity index (χ4v) is 4.10. The van der Waals surface area contributed by atoms with Crippen LogP contribution in [0.1, 0.15) is 11.4 Å². The highest BCUT2D eigenvalue weighted by Crippen LogP contribution is 2.24. The van der Waals surface area contributed by atoms with Gasteiger partial charge in [0.15, 0.2) is 16.1 Å². The molecule has 31 heavy (non-hydrogen) atoms. The maximum absolute atomic E-state index is 13.1. The van der Waals surface area contributed by atoms with Gasteiger partial charge in [-0.2, -0.15) is 0 Å². The molecule has 0 aliphatic rings. The molecule has 0 atom stereocenters. The molecule has 158 valence electrons. The number of carbonyl (C=O) groups is 1. The Bertz CT molecular complexity index is 1140. The summed E-state index contributed by atoms with van der Waals surface area (Å²) < 4.78 is 15.1. The van der Waals surface area contributed by atoms with Crippen molar-refractivity contribution in [2.45, 2.75) is 18.6 Å². The van der Waals surface area contributed by atoms with Gasteiger partial charge in [0, 0.05) is 23.0 Å². The highest BCUT2D eigenvalue weighted by Gasteiger charge is 2.16. The molecule has 0 fully saturated rings. The van der Waals surface area contributed by atoms with E-state index in [4.69, 9.17) is 0 Å². The Morgan fingerprint density at radius 3 is 2.61 bits per heavy atom. The van der Waals surface area contributed by atoms with Crippen molar-refractivity contribution in [3.63, 3.8) is 0 Å². The predicted octanol–water partition coefficient (Wildman–Crippen LogP) is 4.51. The summed E-state index contributed by atoms with van der Waals surface area (Å²) in [4.78, 5) is 16.3. The van der Waals surface area contributed by atoms with Crippen molar-refractivity contribution < 1.29 is 9.18 Å². The van der Waals surface area contributed by atoms with Crippen LogP contribution in [0.15, 0.2) is 65.3 Å². The van der Waals surface area contributed by atoms with Crippen molar-refractivity contribution in [3.05, 3.63) is 77.3 Å². The van der Waals surface area contributed by atoms with E-state index in [1.807, 2.05) is 35.8 Å². The van der Waals surface area contributed by atoms with E-state index in [1.54, 1.807) is 23.7 Å². The molecule has 0 aliphatic heterocycles. The van der Waals surface area contributed by atoms with Gasteiger partial charge in [-0.3, -0.25) is 9.36 Å². The van der Waals surface area contributed by atoms with Crippen molar-refractivity contribution in [2.24, 2.45) is 0 Å². The van der Waals surface area contributed by atoms with Crippen LogP contribution in [-0.4, -0.2) is 31.4 Å². The van der Waals surface area contributed by atoms with Gasteiger partial charge in [-0.1, -0.05) is 29.5 Å². The molecular weight excluding hydrogens is 435 g/mol. The van der Waals surface area contributed by atoms with E-state index in [9.17, 15) is 9.18 Å². The Kier molecular flexibility index (Phi) is 6.58. The number of thiazole rings is 1. The van der Waals surface area contributed by atoms with Gasteiger partial charge < -0.3 is 10.6 Å². The number of aromatic nitrogens is 4. The standard InChI is InChI=1S/C21H19FN6OS2/c1-14-2-8-17(9-3-14)28-18(12-24-16-6-4-15(22)5-7-16)26-27-21(28)31-13-19(29)25-20-23-10-11-30-20/h2-11,24H,12-13H2,1H3,(H,23,25,29). The quantitative estimate of drug-likeness (QED) is 0.381. The Hall–Kier alpha value is -3.24. The van der Waals surface area contributed by atoms with Gasteiger partial charge in [0.25, 0.3) is 0 Å². The Morgan fingerprint density at radius 2 is 1.90 bits per heavy atom. The molecule has 2 aromatic heterocycles. The van der Waals surface area contributed by atoms with E-state index >= 15 is 0 Å². The third-order valence-electron chi connectivity index (χ3n) is 4.30. The zero-order valence-corrected chi connectivity index (χ0v) is 18.2. The number of aryl methyl sites for hydroxylation is 1. The summed E-state index contributed by atoms with van der Waals surface area (Å²) in [5, 5.41) is 17.6. The van der Waals surface area contributed by atoms with Gasteiger partial charge in [-0.25, -0.2) is 9.37 Å². The first kappa shape index (κ1) is 21.0. The largest absolute Gasteiger partial charge is 0.378 e. The number of hydrogen-bond acceptors (Lipinski definition) is 7. The lowest BCUT2D eigenvalue weighted by atomic mass is 10.2. The zero-order valence-electron chi connectivity index (χ0n) is 16.6. The molecular formula is C21H19FN6OS2. The second kappa shape index (κ2) is 9.71. The van der Waals surface area contributed by atoms with E-state index in [2.05, 4.69) is 25.8 Å². The molecule has 4 rings (SSSR count). The van der Waals surface area contributed by atoms with Gasteiger partial charge in [0.1, 0.15) is 5.82 Å². The smallest absolute Gasteiger partial charge is 0.236 e. The van der Waals surface area contributed by atoms with Gasteiger partial charge in [-0.05, 0) is 43.3 Å². The normalized spacial score (nSPS) is 10.8. The minimum atomic E-state index is -0.289. The van der Waals surface area contributed by atoms with Crippen LogP contribution in [0, 0.1) is 12.7 Å². The number of nitrogens with one attached hydrogen (secondary N) is 2. The van der Waals surface area contributed by atoms with Crippen LogP contribution in [-0.2, 0) is 11.3 Å². The zero-order chi connectivity index (χ0) is 21.6. The molecule has 0 radical (unpaired) electrons. The maximum atomic E-state index is 13.1. The summed E-state index contributed by atoms with van der Waals surface area (Å²) in [6.45, 7) is 2.41. The first-order valence-corrected chi connectivity index (χ1v) is 11.3. The van der Waals surface area contributed by atoms with Crippen molar-refractivity contribution in [1.29, 1.82) is 0 Å². The van der Waals surface area contributed by atoms with Crippen molar-refractivity contribution in [2.75, 3.05) is 16.4 Å². The fourth-order valence-electron chi connectivity index (χ4n) is 2.78. The van der Waals surface area contributed by atoms with Crippen LogP contribution in [0.3, 0.4) is 0 Å². The highest BCUT2D eigenvalue weighted by atomic mass is 32.2. The summed E-state index contributed by atoms with van der Waals surface area (Å²) in [5.74, 6) is 0.401. The Labute approximate surface area is 186 Å². The van der Waals surface area contributed by atoms with Gasteiger partial charge >= 0.3 is 0 Å². The average Bonchev–Trinajstić information content (AvgIpc) is 3.42. The molecule has 10 heteroatoms. The summed E-state index contributed by atoms with van der Waals surface area (Å²) >= 11 is 2.66. The molecule has 2 N–H and O–H groups in total. The molecule has 0 saturated carbocycles. The van der Waals surface area contributed by atoms with E-state index in [0.717, 1.165) is 16.9 Å². The first-order valence-electron chi connectivity index (χ1n) is 9.41. The number of halogens is 1. The van der Waals surface area contributed by atoms with Crippen molar-refractivity contribution in [3.8, 4) is 5.69 Å². The lowest BCUT2D eigenvalue weighted by molar-refractivity contribution is -0.113. The van der Waals surface area contributed by atoms with Crippen LogP contribution >= 0.6 is 23.1 Å². The molecule has 0 saturated heterocycles. The molecule has 2 aromatic carbocycles. The lowest BCUT2D eigenvalue weighted by Crippen LogP contribution is -2.14. The SMILES string of the molecule is Cc1ccc(-n2c(CNc3ccc(F)cc3)nnc2SCC(=O)Nc2nccs2)cc1. The number of hydrogen-bond donors (Lipinski definition) is 2. The number of rotatable bonds is 8. The molecule has 7 nitrogen and oxygen atoms in total.